The summed E-state index contributed by atoms with van der Waals surface area (Å²) in [5, 5.41) is 14.1. The molecule has 0 spiro atoms. The van der Waals surface area contributed by atoms with Crippen LogP contribution in [0.4, 0.5) is 0 Å². The molecule has 0 aliphatic carbocycles. The molecule has 2 aliphatic heterocycles. The van der Waals surface area contributed by atoms with E-state index in [1.807, 2.05) is 30.3 Å². The van der Waals surface area contributed by atoms with E-state index in [9.17, 15) is 14.7 Å². The molecule has 1 aromatic carbocycles. The van der Waals surface area contributed by atoms with E-state index >= 15 is 0 Å². The molecule has 26 heavy (non-hydrogen) atoms. The first-order valence-electron chi connectivity index (χ1n) is 8.76. The molecule has 1 amide bonds. The van der Waals surface area contributed by atoms with Gasteiger partial charge in [-0.25, -0.2) is 0 Å². The number of amides is 1. The van der Waals surface area contributed by atoms with Gasteiger partial charge in [0.15, 0.2) is 0 Å². The Balaban J connectivity index is 1.49. The van der Waals surface area contributed by atoms with Crippen LogP contribution in [0.2, 0.25) is 0 Å². The Hall–Kier alpha value is -2.67. The zero-order valence-electron chi connectivity index (χ0n) is 14.4. The summed E-state index contributed by atoms with van der Waals surface area (Å²) in [5.41, 5.74) is 0.463. The SMILES string of the molecule is O=C(c1ccn(Cc2ccccc2)n1)N1C[C@H]2CCOC[C@@]2(C(=O)O)C1. The van der Waals surface area contributed by atoms with Crippen LogP contribution in [0.15, 0.2) is 42.6 Å². The van der Waals surface area contributed by atoms with Gasteiger partial charge in [-0.05, 0) is 24.0 Å². The van der Waals surface area contributed by atoms with Gasteiger partial charge in [0.1, 0.15) is 11.1 Å². The van der Waals surface area contributed by atoms with Crippen LogP contribution in [0.5, 0.6) is 0 Å². The zero-order chi connectivity index (χ0) is 18.1. The van der Waals surface area contributed by atoms with Crippen LogP contribution in [0.25, 0.3) is 0 Å². The number of aliphatic carboxylic acids is 1. The smallest absolute Gasteiger partial charge is 0.314 e. The highest BCUT2D eigenvalue weighted by molar-refractivity contribution is 5.93. The Kier molecular flexibility index (Phi) is 4.24. The van der Waals surface area contributed by atoms with Crippen molar-refractivity contribution in [3.8, 4) is 0 Å². The number of rotatable bonds is 4. The van der Waals surface area contributed by atoms with Crippen LogP contribution >= 0.6 is 0 Å². The van der Waals surface area contributed by atoms with Gasteiger partial charge >= 0.3 is 5.97 Å². The summed E-state index contributed by atoms with van der Waals surface area (Å²) >= 11 is 0. The highest BCUT2D eigenvalue weighted by atomic mass is 16.5. The second-order valence-electron chi connectivity index (χ2n) is 7.07. The minimum atomic E-state index is -0.986. The Labute approximate surface area is 151 Å². The topological polar surface area (TPSA) is 84.7 Å². The van der Waals surface area contributed by atoms with Crippen molar-refractivity contribution in [2.45, 2.75) is 13.0 Å². The van der Waals surface area contributed by atoms with Gasteiger partial charge in [-0.15, -0.1) is 0 Å². The fraction of sp³-hybridized carbons (Fsp3) is 0.421. The molecule has 7 heteroatoms. The van der Waals surface area contributed by atoms with E-state index in [2.05, 4.69) is 5.10 Å². The summed E-state index contributed by atoms with van der Waals surface area (Å²) in [4.78, 5) is 26.3. The number of carboxylic acid groups (broad SMARTS) is 1. The van der Waals surface area contributed by atoms with Crippen molar-refractivity contribution in [3.05, 3.63) is 53.9 Å². The minimum Gasteiger partial charge on any atom is -0.481 e. The number of benzene rings is 1. The molecular formula is C19H21N3O4. The maximum atomic E-state index is 12.8. The maximum Gasteiger partial charge on any atom is 0.314 e. The molecule has 2 fully saturated rings. The lowest BCUT2D eigenvalue weighted by Gasteiger charge is -2.33. The lowest BCUT2D eigenvalue weighted by molar-refractivity contribution is -0.159. The molecule has 2 aromatic rings. The first-order chi connectivity index (χ1) is 12.6. The molecule has 0 unspecified atom stereocenters. The molecule has 3 heterocycles. The zero-order valence-corrected chi connectivity index (χ0v) is 14.4. The summed E-state index contributed by atoms with van der Waals surface area (Å²) in [5.74, 6) is -1.16. The number of carbonyl (C=O) groups excluding carboxylic acids is 1. The lowest BCUT2D eigenvalue weighted by Crippen LogP contribution is -2.46. The average Bonchev–Trinajstić information content (AvgIpc) is 3.27. The largest absolute Gasteiger partial charge is 0.481 e. The lowest BCUT2D eigenvalue weighted by atomic mass is 9.76. The van der Waals surface area contributed by atoms with E-state index in [-0.39, 0.29) is 25.0 Å². The molecule has 2 aliphatic rings. The third-order valence-corrected chi connectivity index (χ3v) is 5.43. The Morgan fingerprint density at radius 2 is 2.08 bits per heavy atom. The number of aromatic nitrogens is 2. The van der Waals surface area contributed by atoms with Crippen LogP contribution in [-0.2, 0) is 16.1 Å². The molecule has 4 rings (SSSR count). The highest BCUT2D eigenvalue weighted by Gasteiger charge is 2.55. The molecule has 0 radical (unpaired) electrons. The summed E-state index contributed by atoms with van der Waals surface area (Å²) in [6, 6.07) is 11.6. The molecule has 1 N–H and O–H groups in total. The summed E-state index contributed by atoms with van der Waals surface area (Å²) < 4.78 is 7.14. The number of ether oxygens (including phenoxy) is 1. The van der Waals surface area contributed by atoms with Crippen molar-refractivity contribution >= 4 is 11.9 Å². The van der Waals surface area contributed by atoms with Crippen LogP contribution in [-0.4, -0.2) is 58.0 Å². The number of carbonyl (C=O) groups is 2. The third kappa shape index (κ3) is 2.88. The van der Waals surface area contributed by atoms with Crippen molar-refractivity contribution < 1.29 is 19.4 Å². The minimum absolute atomic E-state index is 0.0656. The fourth-order valence-corrected chi connectivity index (χ4v) is 3.94. The van der Waals surface area contributed by atoms with Crippen molar-refractivity contribution in [3.63, 3.8) is 0 Å². The molecule has 1 aromatic heterocycles. The molecular weight excluding hydrogens is 334 g/mol. The number of hydrogen-bond acceptors (Lipinski definition) is 4. The molecule has 0 saturated carbocycles. The van der Waals surface area contributed by atoms with Gasteiger partial charge < -0.3 is 14.7 Å². The maximum absolute atomic E-state index is 12.8. The molecule has 7 nitrogen and oxygen atoms in total. The second-order valence-corrected chi connectivity index (χ2v) is 7.07. The molecule has 0 bridgehead atoms. The number of fused-ring (bicyclic) bond motifs is 1. The average molecular weight is 355 g/mol. The van der Waals surface area contributed by atoms with Gasteiger partial charge in [-0.2, -0.15) is 5.10 Å². The van der Waals surface area contributed by atoms with Crippen LogP contribution in [0, 0.1) is 11.3 Å². The van der Waals surface area contributed by atoms with Crippen LogP contribution in [0.1, 0.15) is 22.5 Å². The summed E-state index contributed by atoms with van der Waals surface area (Å²) in [7, 11) is 0. The van der Waals surface area contributed by atoms with E-state index in [1.165, 1.54) is 0 Å². The first kappa shape index (κ1) is 16.8. The van der Waals surface area contributed by atoms with Crippen molar-refractivity contribution in [2.75, 3.05) is 26.3 Å². The van der Waals surface area contributed by atoms with E-state index < -0.39 is 11.4 Å². The van der Waals surface area contributed by atoms with Crippen molar-refractivity contribution in [1.29, 1.82) is 0 Å². The number of likely N-dealkylation sites (tertiary alicyclic amines) is 1. The number of nitrogens with zero attached hydrogens (tertiary/aromatic N) is 3. The van der Waals surface area contributed by atoms with Crippen LogP contribution in [0.3, 0.4) is 0 Å². The van der Waals surface area contributed by atoms with Crippen molar-refractivity contribution in [1.82, 2.24) is 14.7 Å². The quantitative estimate of drug-likeness (QED) is 0.898. The van der Waals surface area contributed by atoms with Gasteiger partial charge in [-0.1, -0.05) is 30.3 Å². The monoisotopic (exact) mass is 355 g/mol. The van der Waals surface area contributed by atoms with E-state index in [0.717, 1.165) is 5.56 Å². The summed E-state index contributed by atoms with van der Waals surface area (Å²) in [6.07, 6.45) is 2.44. The molecule has 2 saturated heterocycles. The first-order valence-corrected chi connectivity index (χ1v) is 8.76. The Morgan fingerprint density at radius 3 is 2.81 bits per heavy atom. The Bertz CT molecular complexity index is 819. The van der Waals surface area contributed by atoms with Gasteiger partial charge in [0.05, 0.1) is 13.2 Å². The molecule has 2 atom stereocenters. The highest BCUT2D eigenvalue weighted by Crippen LogP contribution is 2.42. The normalized spacial score (nSPS) is 25.1. The van der Waals surface area contributed by atoms with E-state index in [4.69, 9.17) is 4.74 Å². The third-order valence-electron chi connectivity index (χ3n) is 5.43. The molecule has 136 valence electrons. The summed E-state index contributed by atoms with van der Waals surface area (Å²) in [6.45, 7) is 1.92. The number of carboxylic acids is 1. The van der Waals surface area contributed by atoms with Gasteiger partial charge in [-0.3, -0.25) is 14.3 Å². The predicted molar refractivity (Wildman–Crippen MR) is 92.7 cm³/mol. The second kappa shape index (κ2) is 6.57. The van der Waals surface area contributed by atoms with E-state index in [1.54, 1.807) is 21.8 Å². The van der Waals surface area contributed by atoms with Crippen LogP contribution < -0.4 is 0 Å². The van der Waals surface area contributed by atoms with Gasteiger partial charge in [0.2, 0.25) is 0 Å². The van der Waals surface area contributed by atoms with E-state index in [0.29, 0.717) is 31.8 Å². The standard InChI is InChI=1S/C19H21N3O4/c23-17(16-6-8-22(20-16)10-14-4-2-1-3-5-14)21-11-15-7-9-26-13-19(15,12-21)18(24)25/h1-6,8,15H,7,9-13H2,(H,24,25)/t15-,19+/m1/s1. The fourth-order valence-electron chi connectivity index (χ4n) is 3.94. The Morgan fingerprint density at radius 1 is 1.27 bits per heavy atom. The predicted octanol–water partition coefficient (Wildman–Crippen LogP) is 1.49. The van der Waals surface area contributed by atoms with Gasteiger partial charge in [0, 0.05) is 25.9 Å². The number of hydrogen-bond donors (Lipinski definition) is 1. The van der Waals surface area contributed by atoms with Gasteiger partial charge in [0.25, 0.3) is 5.91 Å². The van der Waals surface area contributed by atoms with Crippen molar-refractivity contribution in [2.24, 2.45) is 11.3 Å².